The summed E-state index contributed by atoms with van der Waals surface area (Å²) in [6, 6.07) is 14.3. The Morgan fingerprint density at radius 2 is 1.69 bits per heavy atom. The number of aliphatic imine (C=N–C) groups is 1. The summed E-state index contributed by atoms with van der Waals surface area (Å²) in [5.74, 6) is 1.91. The predicted molar refractivity (Wildman–Crippen MR) is 117 cm³/mol. The second kappa shape index (κ2) is 9.65. The van der Waals surface area contributed by atoms with E-state index in [4.69, 9.17) is 15.2 Å². The van der Waals surface area contributed by atoms with E-state index in [1.54, 1.807) is 0 Å². The Bertz CT molecular complexity index is 847. The van der Waals surface area contributed by atoms with Gasteiger partial charge in [0, 0.05) is 24.7 Å². The van der Waals surface area contributed by atoms with E-state index in [2.05, 4.69) is 39.5 Å². The van der Waals surface area contributed by atoms with Crippen molar-refractivity contribution >= 4 is 11.6 Å². The highest BCUT2D eigenvalue weighted by Gasteiger charge is 2.13. The normalized spacial score (nSPS) is 17.6. The molecule has 2 aliphatic heterocycles. The monoisotopic (exact) mass is 394 g/mol. The van der Waals surface area contributed by atoms with Crippen LogP contribution in [0.2, 0.25) is 0 Å². The molecule has 6 heteroatoms. The van der Waals surface area contributed by atoms with Crippen LogP contribution in [-0.4, -0.2) is 37.2 Å². The zero-order valence-electron chi connectivity index (χ0n) is 16.9. The average Bonchev–Trinajstić information content (AvgIpc) is 2.99. The van der Waals surface area contributed by atoms with Crippen LogP contribution < -0.4 is 20.5 Å². The summed E-state index contributed by atoms with van der Waals surface area (Å²) in [7, 11) is 0. The molecule has 0 bridgehead atoms. The zero-order chi connectivity index (χ0) is 19.9. The molecule has 1 fully saturated rings. The molecule has 1 saturated heterocycles. The molecule has 0 spiro atoms. The van der Waals surface area contributed by atoms with Gasteiger partial charge in [-0.2, -0.15) is 0 Å². The van der Waals surface area contributed by atoms with Gasteiger partial charge in [0.15, 0.2) is 17.5 Å². The third-order valence-corrected chi connectivity index (χ3v) is 5.40. The molecule has 0 atom stereocenters. The fourth-order valence-electron chi connectivity index (χ4n) is 3.82. The minimum Gasteiger partial charge on any atom is -0.490 e. The third kappa shape index (κ3) is 5.41. The van der Waals surface area contributed by atoms with Gasteiger partial charge in [-0.1, -0.05) is 30.7 Å². The van der Waals surface area contributed by atoms with Gasteiger partial charge in [0.2, 0.25) is 0 Å². The molecule has 3 N–H and O–H groups in total. The van der Waals surface area contributed by atoms with Gasteiger partial charge in [-0.05, 0) is 49.2 Å². The molecule has 2 heterocycles. The van der Waals surface area contributed by atoms with Gasteiger partial charge in [-0.15, -0.1) is 0 Å². The van der Waals surface area contributed by atoms with Crippen molar-refractivity contribution in [1.82, 2.24) is 4.90 Å². The zero-order valence-corrected chi connectivity index (χ0v) is 16.9. The largest absolute Gasteiger partial charge is 0.490 e. The Morgan fingerprint density at radius 3 is 2.52 bits per heavy atom. The summed E-state index contributed by atoms with van der Waals surface area (Å²) < 4.78 is 11.4. The summed E-state index contributed by atoms with van der Waals surface area (Å²) in [5.41, 5.74) is 9.55. The van der Waals surface area contributed by atoms with E-state index in [9.17, 15) is 0 Å². The fraction of sp³-hybridized carbons (Fsp3) is 0.435. The molecule has 0 radical (unpaired) electrons. The first-order valence-electron chi connectivity index (χ1n) is 10.5. The van der Waals surface area contributed by atoms with Crippen LogP contribution in [0.4, 0.5) is 5.69 Å². The van der Waals surface area contributed by atoms with Gasteiger partial charge in [-0.3, -0.25) is 4.90 Å². The molecule has 0 aromatic heterocycles. The van der Waals surface area contributed by atoms with Gasteiger partial charge in [-0.25, -0.2) is 4.99 Å². The van der Waals surface area contributed by atoms with Gasteiger partial charge in [0.25, 0.3) is 0 Å². The highest BCUT2D eigenvalue weighted by atomic mass is 16.5. The van der Waals surface area contributed by atoms with Crippen LogP contribution in [0, 0.1) is 0 Å². The lowest BCUT2D eigenvalue weighted by Crippen LogP contribution is -2.29. The Balaban J connectivity index is 1.39. The summed E-state index contributed by atoms with van der Waals surface area (Å²) >= 11 is 0. The maximum atomic E-state index is 6.15. The molecule has 0 unspecified atom stereocenters. The van der Waals surface area contributed by atoms with E-state index >= 15 is 0 Å². The van der Waals surface area contributed by atoms with E-state index in [0.717, 1.165) is 30.2 Å². The highest BCUT2D eigenvalue weighted by molar-refractivity contribution is 5.92. The van der Waals surface area contributed by atoms with Crippen LogP contribution in [0.15, 0.2) is 47.5 Å². The maximum absolute atomic E-state index is 6.15. The molecular formula is C23H30N4O2. The first kappa shape index (κ1) is 19.6. The Morgan fingerprint density at radius 1 is 0.931 bits per heavy atom. The second-order valence-electron chi connectivity index (χ2n) is 7.64. The minimum absolute atomic E-state index is 0.396. The number of rotatable bonds is 5. The number of likely N-dealkylation sites (tertiary alicyclic amines) is 1. The maximum Gasteiger partial charge on any atom is 0.193 e. The van der Waals surface area contributed by atoms with Crippen LogP contribution in [-0.2, 0) is 13.1 Å². The van der Waals surface area contributed by atoms with Crippen LogP contribution in [0.5, 0.6) is 11.5 Å². The molecule has 4 rings (SSSR count). The van der Waals surface area contributed by atoms with Crippen LogP contribution in [0.3, 0.4) is 0 Å². The van der Waals surface area contributed by atoms with Gasteiger partial charge >= 0.3 is 0 Å². The second-order valence-corrected chi connectivity index (χ2v) is 7.64. The summed E-state index contributed by atoms with van der Waals surface area (Å²) in [6.07, 6.45) is 4.84. The van der Waals surface area contributed by atoms with Gasteiger partial charge in [0.05, 0.1) is 19.8 Å². The van der Waals surface area contributed by atoms with Crippen LogP contribution in [0.25, 0.3) is 0 Å². The summed E-state index contributed by atoms with van der Waals surface area (Å²) in [4.78, 5) is 7.10. The first-order valence-corrected chi connectivity index (χ1v) is 10.5. The number of hydrogen-bond acceptors (Lipinski definition) is 4. The number of piperidine rings is 1. The van der Waals surface area contributed by atoms with Crippen molar-refractivity contribution in [3.63, 3.8) is 0 Å². The molecule has 6 nitrogen and oxygen atoms in total. The van der Waals surface area contributed by atoms with Gasteiger partial charge < -0.3 is 20.5 Å². The van der Waals surface area contributed by atoms with Crippen molar-refractivity contribution in [3.8, 4) is 11.5 Å². The van der Waals surface area contributed by atoms with Crippen LogP contribution in [0.1, 0.15) is 36.8 Å². The summed E-state index contributed by atoms with van der Waals surface area (Å²) in [6.45, 7) is 5.26. The Labute approximate surface area is 172 Å². The van der Waals surface area contributed by atoms with Crippen molar-refractivity contribution in [2.45, 2.75) is 38.8 Å². The molecule has 29 heavy (non-hydrogen) atoms. The quantitative estimate of drug-likeness (QED) is 0.597. The number of anilines is 1. The fourth-order valence-corrected chi connectivity index (χ4v) is 3.82. The van der Waals surface area contributed by atoms with Crippen molar-refractivity contribution in [2.24, 2.45) is 10.7 Å². The predicted octanol–water partition coefficient (Wildman–Crippen LogP) is 3.76. The summed E-state index contributed by atoms with van der Waals surface area (Å²) in [5, 5.41) is 3.17. The van der Waals surface area contributed by atoms with Crippen molar-refractivity contribution < 1.29 is 9.47 Å². The lowest BCUT2D eigenvalue weighted by molar-refractivity contribution is 0.220. The minimum atomic E-state index is 0.396. The standard InChI is InChI=1S/C23H30N4O2/c24-23(26-20-9-10-21-22(15-20)29-14-6-13-28-21)25-16-18-7-2-3-8-19(18)17-27-11-4-1-5-12-27/h2-3,7-10,15H,1,4-6,11-14,16-17H2,(H3,24,25,26). The van der Waals surface area contributed by atoms with E-state index in [0.29, 0.717) is 25.7 Å². The third-order valence-electron chi connectivity index (χ3n) is 5.40. The van der Waals surface area contributed by atoms with Crippen molar-refractivity contribution in [3.05, 3.63) is 53.6 Å². The molecule has 2 aromatic rings. The number of fused-ring (bicyclic) bond motifs is 1. The SMILES string of the molecule is NC(=NCc1ccccc1CN1CCCCC1)Nc1ccc2c(c1)OCCCO2. The molecule has 0 saturated carbocycles. The first-order chi connectivity index (χ1) is 14.3. The number of nitrogens with one attached hydrogen (secondary N) is 1. The number of hydrogen-bond donors (Lipinski definition) is 2. The lowest BCUT2D eigenvalue weighted by Gasteiger charge is -2.27. The van der Waals surface area contributed by atoms with E-state index in [1.807, 2.05) is 18.2 Å². The van der Waals surface area contributed by atoms with E-state index in [1.165, 1.54) is 43.5 Å². The van der Waals surface area contributed by atoms with Gasteiger partial charge in [0.1, 0.15) is 0 Å². The lowest BCUT2D eigenvalue weighted by atomic mass is 10.1. The number of nitrogens with two attached hydrogens (primary N) is 1. The number of guanidine groups is 1. The highest BCUT2D eigenvalue weighted by Crippen LogP contribution is 2.32. The Hall–Kier alpha value is -2.73. The van der Waals surface area contributed by atoms with E-state index < -0.39 is 0 Å². The van der Waals surface area contributed by atoms with Crippen molar-refractivity contribution in [1.29, 1.82) is 0 Å². The number of benzene rings is 2. The molecule has 0 aliphatic carbocycles. The molecule has 2 aromatic carbocycles. The van der Waals surface area contributed by atoms with E-state index in [-0.39, 0.29) is 0 Å². The molecule has 154 valence electrons. The molecular weight excluding hydrogens is 364 g/mol. The number of nitrogens with zero attached hydrogens (tertiary/aromatic N) is 2. The Kier molecular flexibility index (Phi) is 6.52. The topological polar surface area (TPSA) is 72.1 Å². The average molecular weight is 395 g/mol. The molecule has 2 aliphatic rings. The molecule has 0 amide bonds. The number of ether oxygens (including phenoxy) is 2. The smallest absolute Gasteiger partial charge is 0.193 e. The van der Waals surface area contributed by atoms with Crippen LogP contribution >= 0.6 is 0 Å². The van der Waals surface area contributed by atoms with Crippen molar-refractivity contribution in [2.75, 3.05) is 31.6 Å².